The van der Waals surface area contributed by atoms with Gasteiger partial charge in [0.15, 0.2) is 5.76 Å². The van der Waals surface area contributed by atoms with E-state index in [0.29, 0.717) is 30.5 Å². The smallest absolute Gasteiger partial charge is 0.292 e. The zero-order valence-corrected chi connectivity index (χ0v) is 18.1. The van der Waals surface area contributed by atoms with E-state index in [9.17, 15) is 23.9 Å². The van der Waals surface area contributed by atoms with Gasteiger partial charge in [-0.3, -0.25) is 14.4 Å². The highest BCUT2D eigenvalue weighted by Gasteiger charge is 2.57. The van der Waals surface area contributed by atoms with E-state index < -0.39 is 29.3 Å². The van der Waals surface area contributed by atoms with Crippen molar-refractivity contribution in [3.8, 4) is 0 Å². The van der Waals surface area contributed by atoms with Gasteiger partial charge in [-0.15, -0.1) is 0 Å². The topological polar surface area (TPSA) is 102 Å². The van der Waals surface area contributed by atoms with Crippen molar-refractivity contribution in [2.45, 2.75) is 31.1 Å². The van der Waals surface area contributed by atoms with Crippen LogP contribution < -0.4 is 10.6 Å². The van der Waals surface area contributed by atoms with Gasteiger partial charge in [0.2, 0.25) is 5.66 Å². The van der Waals surface area contributed by atoms with E-state index in [0.717, 1.165) is 11.1 Å². The summed E-state index contributed by atoms with van der Waals surface area (Å²) in [6.07, 6.45) is 2.22. The lowest BCUT2D eigenvalue weighted by atomic mass is 9.92. The predicted molar refractivity (Wildman–Crippen MR) is 118 cm³/mol. The number of likely N-dealkylation sites (tertiary alicyclic amines) is 1. The first-order valence-corrected chi connectivity index (χ1v) is 10.7. The van der Waals surface area contributed by atoms with Gasteiger partial charge in [-0.1, -0.05) is 30.3 Å². The Bertz CT molecular complexity index is 1090. The summed E-state index contributed by atoms with van der Waals surface area (Å²) in [6.45, 7) is 0.518. The van der Waals surface area contributed by atoms with Gasteiger partial charge in [0.1, 0.15) is 5.82 Å². The van der Waals surface area contributed by atoms with Crippen molar-refractivity contribution in [1.29, 1.82) is 0 Å². The summed E-state index contributed by atoms with van der Waals surface area (Å²) in [7, 11) is 1.42. The third-order valence-electron chi connectivity index (χ3n) is 6.21. The number of nitrogens with zero attached hydrogens (tertiary/aromatic N) is 2. The van der Waals surface area contributed by atoms with E-state index in [1.807, 2.05) is 6.07 Å². The molecule has 9 heteroatoms. The second-order valence-corrected chi connectivity index (χ2v) is 8.14. The average Bonchev–Trinajstić information content (AvgIpc) is 3.33. The van der Waals surface area contributed by atoms with E-state index in [4.69, 9.17) is 0 Å². The maximum atomic E-state index is 13.6. The number of aliphatic hydroxyl groups excluding tert-OH is 1. The number of rotatable bonds is 5. The van der Waals surface area contributed by atoms with E-state index in [1.165, 1.54) is 19.2 Å². The third kappa shape index (κ3) is 4.02. The maximum Gasteiger partial charge on any atom is 0.292 e. The number of amides is 3. The van der Waals surface area contributed by atoms with Crippen molar-refractivity contribution in [2.24, 2.45) is 0 Å². The normalized spacial score (nSPS) is 22.5. The summed E-state index contributed by atoms with van der Waals surface area (Å²) in [5, 5.41) is 15.7. The lowest BCUT2D eigenvalue weighted by Gasteiger charge is -2.48. The molecule has 0 bridgehead atoms. The van der Waals surface area contributed by atoms with E-state index >= 15 is 0 Å². The number of hydrogen-bond acceptors (Lipinski definition) is 5. The van der Waals surface area contributed by atoms with Crippen LogP contribution in [0.4, 0.5) is 4.39 Å². The van der Waals surface area contributed by atoms with Gasteiger partial charge in [-0.2, -0.15) is 0 Å². The zero-order chi connectivity index (χ0) is 23.6. The number of benzene rings is 2. The van der Waals surface area contributed by atoms with Crippen LogP contribution in [0.5, 0.6) is 0 Å². The molecule has 2 aliphatic heterocycles. The van der Waals surface area contributed by atoms with Crippen LogP contribution in [0.2, 0.25) is 0 Å². The van der Waals surface area contributed by atoms with E-state index in [-0.39, 0.29) is 18.3 Å². The van der Waals surface area contributed by atoms with Crippen molar-refractivity contribution >= 4 is 17.7 Å². The minimum Gasteiger partial charge on any atom is -0.502 e. The molecular weight excluding hydrogens is 427 g/mol. The predicted octanol–water partition coefficient (Wildman–Crippen LogP) is 1.90. The molecular formula is C24H25FN4O4. The van der Waals surface area contributed by atoms with E-state index in [2.05, 4.69) is 10.6 Å². The molecule has 2 aromatic rings. The standard InChI is InChI=1S/C24H25FN4O4/c1-28-22(32)19(30)15-27-24(28,23(33)26-14-16-9-11-18(25)12-10-16)20-8-5-13-29(20)21(31)17-6-3-2-4-7-17/h2-4,6-7,9-12,15,20,27,30H,5,8,13-14H2,1H3,(H,26,33). The lowest BCUT2D eigenvalue weighted by Crippen LogP contribution is -2.76. The minimum atomic E-state index is -1.63. The number of likely N-dealkylation sites (N-methyl/N-ethyl adjacent to an activating group) is 1. The Morgan fingerprint density at radius 2 is 1.88 bits per heavy atom. The highest BCUT2D eigenvalue weighted by Crippen LogP contribution is 2.33. The molecule has 4 rings (SSSR count). The van der Waals surface area contributed by atoms with Crippen LogP contribution in [0.3, 0.4) is 0 Å². The van der Waals surface area contributed by atoms with Gasteiger partial charge in [0.05, 0.1) is 6.04 Å². The SMILES string of the molecule is CN1C(=O)C(O)=CNC1(C(=O)NCc1ccc(F)cc1)C1CCCN1C(=O)c1ccccc1. The Balaban J connectivity index is 1.67. The number of hydrogen-bond donors (Lipinski definition) is 3. The van der Waals surface area contributed by atoms with Gasteiger partial charge in [0.25, 0.3) is 17.7 Å². The number of carbonyl (C=O) groups is 3. The molecule has 3 amide bonds. The summed E-state index contributed by atoms with van der Waals surface area (Å²) in [6, 6.07) is 13.8. The molecule has 1 saturated heterocycles. The monoisotopic (exact) mass is 452 g/mol. The van der Waals surface area contributed by atoms with Crippen LogP contribution >= 0.6 is 0 Å². The Kier molecular flexibility index (Phi) is 6.04. The van der Waals surface area contributed by atoms with Crippen molar-refractivity contribution in [3.63, 3.8) is 0 Å². The molecule has 0 spiro atoms. The molecule has 3 N–H and O–H groups in total. The zero-order valence-electron chi connectivity index (χ0n) is 18.1. The molecule has 2 atom stereocenters. The summed E-state index contributed by atoms with van der Waals surface area (Å²) < 4.78 is 13.2. The fraction of sp³-hybridized carbons (Fsp3) is 0.292. The Morgan fingerprint density at radius 1 is 1.18 bits per heavy atom. The fourth-order valence-corrected chi connectivity index (χ4v) is 4.47. The molecule has 2 unspecified atom stereocenters. The van der Waals surface area contributed by atoms with Crippen LogP contribution in [0.1, 0.15) is 28.8 Å². The molecule has 2 aliphatic rings. The van der Waals surface area contributed by atoms with E-state index in [1.54, 1.807) is 41.3 Å². The van der Waals surface area contributed by atoms with Crippen molar-refractivity contribution in [1.82, 2.24) is 20.4 Å². The van der Waals surface area contributed by atoms with Crippen LogP contribution in [-0.2, 0) is 16.1 Å². The number of aliphatic hydroxyl groups is 1. The van der Waals surface area contributed by atoms with Crippen LogP contribution in [0.25, 0.3) is 0 Å². The molecule has 0 aliphatic carbocycles. The van der Waals surface area contributed by atoms with Crippen LogP contribution in [0.15, 0.2) is 66.6 Å². The molecule has 0 saturated carbocycles. The Morgan fingerprint density at radius 3 is 2.58 bits per heavy atom. The molecule has 33 heavy (non-hydrogen) atoms. The van der Waals surface area contributed by atoms with Gasteiger partial charge in [-0.05, 0) is 42.7 Å². The summed E-state index contributed by atoms with van der Waals surface area (Å²) in [5.74, 6) is -2.43. The van der Waals surface area contributed by atoms with Gasteiger partial charge >= 0.3 is 0 Å². The second kappa shape index (κ2) is 8.93. The van der Waals surface area contributed by atoms with Crippen molar-refractivity contribution in [2.75, 3.05) is 13.6 Å². The summed E-state index contributed by atoms with van der Waals surface area (Å²) in [5.41, 5.74) is -0.481. The number of nitrogens with one attached hydrogen (secondary N) is 2. The first-order chi connectivity index (χ1) is 15.8. The average molecular weight is 452 g/mol. The van der Waals surface area contributed by atoms with Crippen molar-refractivity contribution < 1.29 is 23.9 Å². The van der Waals surface area contributed by atoms with Crippen molar-refractivity contribution in [3.05, 3.63) is 83.5 Å². The highest BCUT2D eigenvalue weighted by molar-refractivity contribution is 6.00. The molecule has 172 valence electrons. The van der Waals surface area contributed by atoms with Gasteiger partial charge < -0.3 is 25.5 Å². The Hall–Kier alpha value is -3.88. The fourth-order valence-electron chi connectivity index (χ4n) is 4.47. The number of carbonyl (C=O) groups excluding carboxylic acids is 3. The molecule has 2 aromatic carbocycles. The molecule has 0 radical (unpaired) electrons. The third-order valence-corrected chi connectivity index (χ3v) is 6.21. The minimum absolute atomic E-state index is 0.0968. The second-order valence-electron chi connectivity index (χ2n) is 8.14. The number of halogens is 1. The Labute approximate surface area is 190 Å². The van der Waals surface area contributed by atoms with Crippen LogP contribution in [-0.4, -0.2) is 57.9 Å². The van der Waals surface area contributed by atoms with Gasteiger partial charge in [-0.25, -0.2) is 4.39 Å². The molecule has 2 heterocycles. The largest absolute Gasteiger partial charge is 0.502 e. The summed E-state index contributed by atoms with van der Waals surface area (Å²) >= 11 is 0. The summed E-state index contributed by atoms with van der Waals surface area (Å²) in [4.78, 5) is 42.4. The molecule has 8 nitrogen and oxygen atoms in total. The first-order valence-electron chi connectivity index (χ1n) is 10.7. The highest BCUT2D eigenvalue weighted by atomic mass is 19.1. The van der Waals surface area contributed by atoms with Crippen LogP contribution in [0, 0.1) is 5.82 Å². The molecule has 0 aromatic heterocycles. The van der Waals surface area contributed by atoms with Gasteiger partial charge in [0, 0.05) is 31.9 Å². The first kappa shape index (κ1) is 22.3. The molecule has 1 fully saturated rings. The maximum absolute atomic E-state index is 13.6. The lowest BCUT2D eigenvalue weighted by molar-refractivity contribution is -0.153. The quantitative estimate of drug-likeness (QED) is 0.643.